The summed E-state index contributed by atoms with van der Waals surface area (Å²) in [7, 11) is 0. The number of hydrogen-bond donors (Lipinski definition) is 1. The summed E-state index contributed by atoms with van der Waals surface area (Å²) in [6.45, 7) is 3.07. The first-order valence-corrected chi connectivity index (χ1v) is 10.6. The molecule has 0 aliphatic carbocycles. The van der Waals surface area contributed by atoms with E-state index in [0.717, 1.165) is 23.4 Å². The van der Waals surface area contributed by atoms with Crippen LogP contribution in [-0.4, -0.2) is 40.0 Å². The summed E-state index contributed by atoms with van der Waals surface area (Å²) in [5.41, 5.74) is 2.15. The van der Waals surface area contributed by atoms with Gasteiger partial charge in [0.15, 0.2) is 0 Å². The summed E-state index contributed by atoms with van der Waals surface area (Å²) in [6.07, 6.45) is 1.68. The predicted octanol–water partition coefficient (Wildman–Crippen LogP) is 4.26. The molecule has 0 spiro atoms. The molecular weight excluding hydrogens is 403 g/mol. The zero-order valence-corrected chi connectivity index (χ0v) is 17.3. The zero-order valence-electron chi connectivity index (χ0n) is 16.5. The van der Waals surface area contributed by atoms with Gasteiger partial charge in [-0.1, -0.05) is 35.1 Å². The van der Waals surface area contributed by atoms with Crippen molar-refractivity contribution in [1.29, 1.82) is 0 Å². The number of aryl methyl sites for hydroxylation is 1. The van der Waals surface area contributed by atoms with Gasteiger partial charge in [-0.05, 0) is 50.1 Å². The van der Waals surface area contributed by atoms with Crippen LogP contribution in [0.5, 0.6) is 0 Å². The van der Waals surface area contributed by atoms with Gasteiger partial charge in [0.25, 0.3) is 11.8 Å². The summed E-state index contributed by atoms with van der Waals surface area (Å²) in [4.78, 5) is 26.9. The minimum Gasteiger partial charge on any atom is -0.338 e. The average molecular weight is 425 g/mol. The molecule has 4 rings (SSSR count). The molecule has 154 valence electrons. The van der Waals surface area contributed by atoms with E-state index < -0.39 is 5.82 Å². The number of carbonyl (C=O) groups is 2. The lowest BCUT2D eigenvalue weighted by Crippen LogP contribution is -2.39. The number of halogens is 1. The molecule has 30 heavy (non-hydrogen) atoms. The van der Waals surface area contributed by atoms with E-state index in [9.17, 15) is 14.0 Å². The van der Waals surface area contributed by atoms with Crippen LogP contribution in [-0.2, 0) is 0 Å². The average Bonchev–Trinajstić information content (AvgIpc) is 3.25. The molecule has 3 aromatic rings. The van der Waals surface area contributed by atoms with Gasteiger partial charge in [0, 0.05) is 30.3 Å². The number of likely N-dealkylation sites (tertiary alicyclic amines) is 1. The highest BCUT2D eigenvalue weighted by Gasteiger charge is 2.28. The lowest BCUT2D eigenvalue weighted by Gasteiger charge is -2.31. The van der Waals surface area contributed by atoms with Gasteiger partial charge >= 0.3 is 0 Å². The van der Waals surface area contributed by atoms with Gasteiger partial charge in [-0.15, -0.1) is 10.2 Å². The SMILES string of the molecule is Cc1ccc(NC(=O)c2nnc([C@H]3CCCN(C(=O)c4cccc(F)c4)C3)s2)cc1. The second kappa shape index (κ2) is 8.71. The normalized spacial score (nSPS) is 16.3. The highest BCUT2D eigenvalue weighted by atomic mass is 32.1. The monoisotopic (exact) mass is 424 g/mol. The van der Waals surface area contributed by atoms with Crippen LogP contribution in [0.4, 0.5) is 10.1 Å². The maximum absolute atomic E-state index is 13.5. The van der Waals surface area contributed by atoms with Crippen molar-refractivity contribution in [3.05, 3.63) is 75.5 Å². The molecule has 8 heteroatoms. The van der Waals surface area contributed by atoms with Crippen LogP contribution in [0.2, 0.25) is 0 Å². The Morgan fingerprint density at radius 1 is 1.17 bits per heavy atom. The molecule has 1 aliphatic rings. The number of rotatable bonds is 4. The van der Waals surface area contributed by atoms with Crippen LogP contribution in [0, 0.1) is 12.7 Å². The topological polar surface area (TPSA) is 75.2 Å². The molecule has 0 unspecified atom stereocenters. The molecule has 1 aliphatic heterocycles. The van der Waals surface area contributed by atoms with Crippen LogP contribution >= 0.6 is 11.3 Å². The number of nitrogens with zero attached hydrogens (tertiary/aromatic N) is 3. The molecular formula is C22H21FN4O2S. The van der Waals surface area contributed by atoms with E-state index in [4.69, 9.17) is 0 Å². The Bertz CT molecular complexity index is 1070. The lowest BCUT2D eigenvalue weighted by atomic mass is 9.98. The lowest BCUT2D eigenvalue weighted by molar-refractivity contribution is 0.0706. The standard InChI is InChI=1S/C22H21FN4O2S/c1-14-7-9-18(10-8-14)24-19(28)21-26-25-20(30-21)16-5-3-11-27(13-16)22(29)15-4-2-6-17(23)12-15/h2,4,6-10,12,16H,3,5,11,13H2,1H3,(H,24,28)/t16-/m0/s1. The molecule has 1 N–H and O–H groups in total. The van der Waals surface area contributed by atoms with Crippen molar-refractivity contribution in [2.45, 2.75) is 25.7 Å². The van der Waals surface area contributed by atoms with Crippen LogP contribution in [0.25, 0.3) is 0 Å². The molecule has 1 fully saturated rings. The number of nitrogens with one attached hydrogen (secondary N) is 1. The van der Waals surface area contributed by atoms with E-state index in [0.29, 0.717) is 29.3 Å². The maximum atomic E-state index is 13.5. The fourth-order valence-corrected chi connectivity index (χ4v) is 4.34. The van der Waals surface area contributed by atoms with Crippen LogP contribution < -0.4 is 5.32 Å². The van der Waals surface area contributed by atoms with Crippen LogP contribution in [0.15, 0.2) is 48.5 Å². The Kier molecular flexibility index (Phi) is 5.85. The van der Waals surface area contributed by atoms with E-state index in [1.807, 2.05) is 31.2 Å². The van der Waals surface area contributed by atoms with E-state index in [2.05, 4.69) is 15.5 Å². The van der Waals surface area contributed by atoms with Crippen molar-refractivity contribution >= 4 is 28.8 Å². The second-order valence-corrected chi connectivity index (χ2v) is 8.38. The number of aromatic nitrogens is 2. The smallest absolute Gasteiger partial charge is 0.286 e. The number of amides is 2. The van der Waals surface area contributed by atoms with Crippen molar-refractivity contribution in [3.63, 3.8) is 0 Å². The highest BCUT2D eigenvalue weighted by molar-refractivity contribution is 7.13. The van der Waals surface area contributed by atoms with Crippen molar-refractivity contribution in [1.82, 2.24) is 15.1 Å². The Morgan fingerprint density at radius 2 is 1.97 bits per heavy atom. The molecule has 2 heterocycles. The van der Waals surface area contributed by atoms with E-state index in [1.165, 1.54) is 29.5 Å². The van der Waals surface area contributed by atoms with Crippen molar-refractivity contribution in [2.24, 2.45) is 0 Å². The van der Waals surface area contributed by atoms with Gasteiger partial charge in [-0.2, -0.15) is 0 Å². The van der Waals surface area contributed by atoms with E-state index in [1.54, 1.807) is 11.0 Å². The molecule has 1 atom stereocenters. The third kappa shape index (κ3) is 4.54. The van der Waals surface area contributed by atoms with Gasteiger partial charge in [-0.25, -0.2) is 4.39 Å². The molecule has 6 nitrogen and oxygen atoms in total. The number of hydrogen-bond acceptors (Lipinski definition) is 5. The molecule has 1 aromatic heterocycles. The Hall–Kier alpha value is -3.13. The summed E-state index contributed by atoms with van der Waals surface area (Å²) in [6, 6.07) is 13.3. The molecule has 0 saturated carbocycles. The fourth-order valence-electron chi connectivity index (χ4n) is 3.48. The van der Waals surface area contributed by atoms with Gasteiger partial charge in [0.05, 0.1) is 0 Å². The summed E-state index contributed by atoms with van der Waals surface area (Å²) in [5, 5.41) is 12.1. The first-order valence-electron chi connectivity index (χ1n) is 9.76. The molecule has 1 saturated heterocycles. The third-order valence-electron chi connectivity index (χ3n) is 5.07. The minimum atomic E-state index is -0.428. The van der Waals surface area contributed by atoms with Crippen molar-refractivity contribution in [3.8, 4) is 0 Å². The number of anilines is 1. The zero-order chi connectivity index (χ0) is 21.1. The maximum Gasteiger partial charge on any atom is 0.286 e. The first-order chi connectivity index (χ1) is 14.5. The fraction of sp³-hybridized carbons (Fsp3) is 0.273. The number of benzene rings is 2. The van der Waals surface area contributed by atoms with Crippen LogP contribution in [0.1, 0.15) is 49.5 Å². The van der Waals surface area contributed by atoms with Crippen molar-refractivity contribution in [2.75, 3.05) is 18.4 Å². The van der Waals surface area contributed by atoms with Crippen molar-refractivity contribution < 1.29 is 14.0 Å². The molecule has 2 aromatic carbocycles. The Morgan fingerprint density at radius 3 is 2.73 bits per heavy atom. The second-order valence-electron chi connectivity index (χ2n) is 7.37. The summed E-state index contributed by atoms with van der Waals surface area (Å²) < 4.78 is 13.5. The summed E-state index contributed by atoms with van der Waals surface area (Å²) in [5.74, 6) is -0.912. The van der Waals surface area contributed by atoms with Gasteiger partial charge in [0.2, 0.25) is 5.01 Å². The van der Waals surface area contributed by atoms with E-state index >= 15 is 0 Å². The third-order valence-corrected chi connectivity index (χ3v) is 6.16. The first kappa shape index (κ1) is 20.2. The summed E-state index contributed by atoms with van der Waals surface area (Å²) >= 11 is 1.25. The minimum absolute atomic E-state index is 0.00897. The van der Waals surface area contributed by atoms with Crippen LogP contribution in [0.3, 0.4) is 0 Å². The van der Waals surface area contributed by atoms with E-state index in [-0.39, 0.29) is 17.7 Å². The largest absolute Gasteiger partial charge is 0.338 e. The Balaban J connectivity index is 1.43. The van der Waals surface area contributed by atoms with Gasteiger partial charge < -0.3 is 10.2 Å². The predicted molar refractivity (Wildman–Crippen MR) is 113 cm³/mol. The quantitative estimate of drug-likeness (QED) is 0.679. The van der Waals surface area contributed by atoms with Gasteiger partial charge in [-0.3, -0.25) is 9.59 Å². The molecule has 2 amide bonds. The number of carbonyl (C=O) groups excluding carboxylic acids is 2. The van der Waals surface area contributed by atoms with Gasteiger partial charge in [0.1, 0.15) is 10.8 Å². The number of piperidine rings is 1. The molecule has 0 bridgehead atoms. The highest BCUT2D eigenvalue weighted by Crippen LogP contribution is 2.30. The Labute approximate surface area is 177 Å². The molecule has 0 radical (unpaired) electrons.